The maximum Gasteiger partial charge on any atom is 0.262 e. The van der Waals surface area contributed by atoms with Gasteiger partial charge in [-0.1, -0.05) is 6.07 Å². The Kier molecular flexibility index (Phi) is 5.63. The molecule has 2 aromatic rings. The average molecular weight is 447 g/mol. The minimum atomic E-state index is -0.958. The van der Waals surface area contributed by atoms with Crippen molar-refractivity contribution in [2.24, 2.45) is 0 Å². The van der Waals surface area contributed by atoms with Crippen LogP contribution in [-0.2, 0) is 16.1 Å². The molecule has 0 saturated carbocycles. The Balaban J connectivity index is 1.41. The first-order valence-electron chi connectivity index (χ1n) is 11.2. The number of hydrogen-bond donors (Lipinski definition) is 2. The van der Waals surface area contributed by atoms with Gasteiger partial charge < -0.3 is 10.2 Å². The van der Waals surface area contributed by atoms with Gasteiger partial charge in [-0.05, 0) is 62.2 Å². The smallest absolute Gasteiger partial charge is 0.262 e. The van der Waals surface area contributed by atoms with Crippen molar-refractivity contribution < 1.29 is 19.2 Å². The van der Waals surface area contributed by atoms with Crippen molar-refractivity contribution in [2.75, 3.05) is 18.0 Å². The van der Waals surface area contributed by atoms with Crippen molar-refractivity contribution in [3.05, 3.63) is 59.4 Å². The molecule has 1 aromatic carbocycles. The lowest BCUT2D eigenvalue weighted by Gasteiger charge is -2.36. The van der Waals surface area contributed by atoms with Gasteiger partial charge in [0.25, 0.3) is 11.8 Å². The summed E-state index contributed by atoms with van der Waals surface area (Å²) in [6.07, 6.45) is 5.84. The van der Waals surface area contributed by atoms with Crippen LogP contribution in [-0.4, -0.2) is 58.7 Å². The minimum absolute atomic E-state index is 0.103. The summed E-state index contributed by atoms with van der Waals surface area (Å²) < 4.78 is 0. The SMILES string of the molecule is O=C1CCC(N2C(=O)c3ccc(CN(c4cccnc4)C4CCNCC4)cc3C2=O)C(=O)N1. The molecule has 5 rings (SSSR count). The average Bonchev–Trinajstić information content (AvgIpc) is 3.08. The predicted molar refractivity (Wildman–Crippen MR) is 119 cm³/mol. The highest BCUT2D eigenvalue weighted by molar-refractivity contribution is 6.23. The van der Waals surface area contributed by atoms with Gasteiger partial charge in [-0.3, -0.25) is 34.4 Å². The second kappa shape index (κ2) is 8.74. The Morgan fingerprint density at radius 3 is 2.52 bits per heavy atom. The van der Waals surface area contributed by atoms with Crippen LogP contribution in [0.3, 0.4) is 0 Å². The number of nitrogens with one attached hydrogen (secondary N) is 2. The van der Waals surface area contributed by atoms with Crippen LogP contribution >= 0.6 is 0 Å². The molecule has 0 spiro atoms. The molecular formula is C24H25N5O4. The van der Waals surface area contributed by atoms with Gasteiger partial charge in [-0.15, -0.1) is 0 Å². The number of amides is 4. The monoisotopic (exact) mass is 447 g/mol. The third-order valence-electron chi connectivity index (χ3n) is 6.58. The van der Waals surface area contributed by atoms with Crippen LogP contribution in [0.15, 0.2) is 42.7 Å². The standard InChI is InChI=1S/C24H25N5O4/c30-21-6-5-20(22(31)27-21)29-23(32)18-4-3-15(12-19(18)24(29)33)14-28(16-7-10-25-11-8-16)17-2-1-9-26-13-17/h1-4,9,12-13,16,20,25H,5-8,10-11,14H2,(H,27,30,31). The summed E-state index contributed by atoms with van der Waals surface area (Å²) in [5, 5.41) is 5.61. The zero-order valence-corrected chi connectivity index (χ0v) is 18.1. The number of nitrogens with zero attached hydrogens (tertiary/aromatic N) is 3. The molecule has 2 saturated heterocycles. The zero-order chi connectivity index (χ0) is 22.9. The number of carbonyl (C=O) groups is 4. The van der Waals surface area contributed by atoms with Crippen LogP contribution < -0.4 is 15.5 Å². The number of anilines is 1. The number of rotatable bonds is 5. The van der Waals surface area contributed by atoms with Crippen molar-refractivity contribution in [2.45, 2.75) is 44.3 Å². The quantitative estimate of drug-likeness (QED) is 0.664. The highest BCUT2D eigenvalue weighted by Crippen LogP contribution is 2.30. The van der Waals surface area contributed by atoms with Gasteiger partial charge in [0.2, 0.25) is 11.8 Å². The first kappa shape index (κ1) is 21.3. The molecule has 1 aromatic heterocycles. The molecule has 4 amide bonds. The number of benzene rings is 1. The van der Waals surface area contributed by atoms with Crippen molar-refractivity contribution in [3.63, 3.8) is 0 Å². The largest absolute Gasteiger partial charge is 0.363 e. The van der Waals surface area contributed by atoms with Crippen LogP contribution in [0.2, 0.25) is 0 Å². The Morgan fingerprint density at radius 2 is 1.79 bits per heavy atom. The summed E-state index contributed by atoms with van der Waals surface area (Å²) in [7, 11) is 0. The molecule has 33 heavy (non-hydrogen) atoms. The summed E-state index contributed by atoms with van der Waals surface area (Å²) in [6.45, 7) is 2.46. The molecular weight excluding hydrogens is 422 g/mol. The number of fused-ring (bicyclic) bond motifs is 1. The van der Waals surface area contributed by atoms with Gasteiger partial charge in [0.15, 0.2) is 0 Å². The van der Waals surface area contributed by atoms with Crippen LogP contribution in [0.25, 0.3) is 0 Å². The number of carbonyl (C=O) groups excluding carboxylic acids is 4. The van der Waals surface area contributed by atoms with Crippen molar-refractivity contribution in [1.82, 2.24) is 20.5 Å². The van der Waals surface area contributed by atoms with E-state index in [9.17, 15) is 19.2 Å². The van der Waals surface area contributed by atoms with Gasteiger partial charge in [0.1, 0.15) is 6.04 Å². The lowest BCUT2D eigenvalue weighted by Crippen LogP contribution is -2.54. The molecule has 0 radical (unpaired) electrons. The Bertz CT molecular complexity index is 1110. The van der Waals surface area contributed by atoms with Crippen LogP contribution in [0.1, 0.15) is 52.0 Å². The first-order chi connectivity index (χ1) is 16.0. The second-order valence-electron chi connectivity index (χ2n) is 8.65. The fraction of sp³-hybridized carbons (Fsp3) is 0.375. The maximum absolute atomic E-state index is 13.2. The first-order valence-corrected chi connectivity index (χ1v) is 11.2. The maximum atomic E-state index is 13.2. The number of hydrogen-bond acceptors (Lipinski definition) is 7. The number of imide groups is 2. The predicted octanol–water partition coefficient (Wildman–Crippen LogP) is 1.24. The molecule has 0 aliphatic carbocycles. The van der Waals surface area contributed by atoms with E-state index in [0.29, 0.717) is 23.7 Å². The fourth-order valence-electron chi connectivity index (χ4n) is 4.89. The van der Waals surface area contributed by atoms with E-state index in [1.807, 2.05) is 24.4 Å². The van der Waals surface area contributed by atoms with E-state index in [-0.39, 0.29) is 18.7 Å². The Labute approximate surface area is 191 Å². The minimum Gasteiger partial charge on any atom is -0.363 e. The van der Waals surface area contributed by atoms with Crippen LogP contribution in [0.5, 0.6) is 0 Å². The summed E-state index contributed by atoms with van der Waals surface area (Å²) in [4.78, 5) is 57.4. The van der Waals surface area contributed by atoms with E-state index in [1.54, 1.807) is 18.3 Å². The van der Waals surface area contributed by atoms with E-state index in [1.165, 1.54) is 0 Å². The Hall–Kier alpha value is -3.59. The molecule has 9 heteroatoms. The highest BCUT2D eigenvalue weighted by Gasteiger charge is 2.44. The van der Waals surface area contributed by atoms with E-state index in [4.69, 9.17) is 0 Å². The lowest BCUT2D eigenvalue weighted by molar-refractivity contribution is -0.136. The molecule has 4 heterocycles. The van der Waals surface area contributed by atoms with E-state index >= 15 is 0 Å². The molecule has 1 atom stereocenters. The summed E-state index contributed by atoms with van der Waals surface area (Å²) in [5.41, 5.74) is 2.52. The van der Waals surface area contributed by atoms with Gasteiger partial charge >= 0.3 is 0 Å². The van der Waals surface area contributed by atoms with E-state index < -0.39 is 23.8 Å². The molecule has 2 N–H and O–H groups in total. The third kappa shape index (κ3) is 4.00. The second-order valence-corrected chi connectivity index (χ2v) is 8.65. The molecule has 3 aliphatic rings. The summed E-state index contributed by atoms with van der Waals surface area (Å²) >= 11 is 0. The normalized spacial score (nSPS) is 21.2. The van der Waals surface area contributed by atoms with Crippen molar-refractivity contribution in [1.29, 1.82) is 0 Å². The van der Waals surface area contributed by atoms with Gasteiger partial charge in [-0.2, -0.15) is 0 Å². The topological polar surface area (TPSA) is 112 Å². The zero-order valence-electron chi connectivity index (χ0n) is 18.1. The molecule has 0 bridgehead atoms. The van der Waals surface area contributed by atoms with E-state index in [0.717, 1.165) is 42.1 Å². The molecule has 3 aliphatic heterocycles. The third-order valence-corrected chi connectivity index (χ3v) is 6.58. The molecule has 170 valence electrons. The Morgan fingerprint density at radius 1 is 1.00 bits per heavy atom. The highest BCUT2D eigenvalue weighted by atomic mass is 16.2. The molecule has 1 unspecified atom stereocenters. The number of aromatic nitrogens is 1. The molecule has 9 nitrogen and oxygen atoms in total. The number of piperidine rings is 2. The van der Waals surface area contributed by atoms with Gasteiger partial charge in [0, 0.05) is 25.2 Å². The number of pyridine rings is 1. The van der Waals surface area contributed by atoms with E-state index in [2.05, 4.69) is 20.5 Å². The summed E-state index contributed by atoms with van der Waals surface area (Å²) in [6, 6.07) is 8.60. The lowest BCUT2D eigenvalue weighted by atomic mass is 10.0. The van der Waals surface area contributed by atoms with Crippen LogP contribution in [0, 0.1) is 0 Å². The fourth-order valence-corrected chi connectivity index (χ4v) is 4.89. The van der Waals surface area contributed by atoms with Gasteiger partial charge in [-0.25, -0.2) is 0 Å². The summed E-state index contributed by atoms with van der Waals surface area (Å²) in [5.74, 6) is -1.96. The van der Waals surface area contributed by atoms with Gasteiger partial charge in [0.05, 0.1) is 23.0 Å². The van der Waals surface area contributed by atoms with Crippen LogP contribution in [0.4, 0.5) is 5.69 Å². The van der Waals surface area contributed by atoms with Crippen molar-refractivity contribution >= 4 is 29.3 Å². The van der Waals surface area contributed by atoms with Crippen molar-refractivity contribution in [3.8, 4) is 0 Å². The molecule has 2 fully saturated rings.